The molecule has 0 saturated carbocycles. The molecule has 0 aromatic heterocycles. The van der Waals surface area contributed by atoms with Crippen LogP contribution in [0.4, 0.5) is 0 Å². The second-order valence-corrected chi connectivity index (χ2v) is 5.99. The Balaban J connectivity index is 2.16. The van der Waals surface area contributed by atoms with Crippen LogP contribution in [0.15, 0.2) is 22.7 Å². The van der Waals surface area contributed by atoms with Gasteiger partial charge >= 0.3 is 0 Å². The van der Waals surface area contributed by atoms with Gasteiger partial charge in [-0.15, -0.1) is 0 Å². The van der Waals surface area contributed by atoms with Crippen molar-refractivity contribution in [2.45, 2.75) is 25.9 Å². The fraction of sp³-hybridized carbons (Fsp3) is 0.571. The molecule has 1 saturated heterocycles. The van der Waals surface area contributed by atoms with E-state index in [1.807, 2.05) is 12.1 Å². The molecule has 0 spiro atoms. The molecular formula is C14H19BrClNO. The first kappa shape index (κ1) is 14.3. The third kappa shape index (κ3) is 3.47. The molecule has 1 aliphatic heterocycles. The number of rotatable bonds is 4. The number of halogens is 2. The SMILES string of the molecule is CCNCC1CCCOC1c1ccc(Br)cc1Cl. The minimum atomic E-state index is 0.124. The Morgan fingerprint density at radius 1 is 1.50 bits per heavy atom. The summed E-state index contributed by atoms with van der Waals surface area (Å²) in [6.45, 7) is 4.95. The van der Waals surface area contributed by atoms with Gasteiger partial charge in [-0.3, -0.25) is 0 Å². The minimum absolute atomic E-state index is 0.124. The van der Waals surface area contributed by atoms with Crippen LogP contribution in [0.1, 0.15) is 31.4 Å². The average Bonchev–Trinajstić information content (AvgIpc) is 2.37. The highest BCUT2D eigenvalue weighted by Gasteiger charge is 2.28. The van der Waals surface area contributed by atoms with Gasteiger partial charge in [0, 0.05) is 28.6 Å². The number of nitrogens with one attached hydrogen (secondary N) is 1. The molecule has 1 N–H and O–H groups in total. The predicted molar refractivity (Wildman–Crippen MR) is 79.1 cm³/mol. The molecule has 1 aromatic carbocycles. The first-order valence-electron chi connectivity index (χ1n) is 6.49. The Bertz CT molecular complexity index is 399. The van der Waals surface area contributed by atoms with Crippen molar-refractivity contribution in [2.24, 2.45) is 5.92 Å². The largest absolute Gasteiger partial charge is 0.373 e. The molecule has 2 atom stereocenters. The predicted octanol–water partition coefficient (Wildman–Crippen LogP) is 4.18. The molecule has 18 heavy (non-hydrogen) atoms. The molecule has 0 aliphatic carbocycles. The Labute approximate surface area is 122 Å². The third-order valence-electron chi connectivity index (χ3n) is 3.37. The van der Waals surface area contributed by atoms with Crippen LogP contribution in [0.25, 0.3) is 0 Å². The topological polar surface area (TPSA) is 21.3 Å². The highest BCUT2D eigenvalue weighted by molar-refractivity contribution is 9.10. The van der Waals surface area contributed by atoms with E-state index in [-0.39, 0.29) is 6.10 Å². The molecule has 2 rings (SSSR count). The molecule has 1 aliphatic rings. The van der Waals surface area contributed by atoms with Crippen LogP contribution in [0.2, 0.25) is 5.02 Å². The second kappa shape index (κ2) is 6.90. The van der Waals surface area contributed by atoms with Gasteiger partial charge in [0.25, 0.3) is 0 Å². The number of hydrogen-bond donors (Lipinski definition) is 1. The van der Waals surface area contributed by atoms with Gasteiger partial charge in [0.2, 0.25) is 0 Å². The van der Waals surface area contributed by atoms with E-state index >= 15 is 0 Å². The minimum Gasteiger partial charge on any atom is -0.373 e. The summed E-state index contributed by atoms with van der Waals surface area (Å²) in [7, 11) is 0. The van der Waals surface area contributed by atoms with Crippen molar-refractivity contribution in [1.82, 2.24) is 5.32 Å². The van der Waals surface area contributed by atoms with Crippen LogP contribution in [0.3, 0.4) is 0 Å². The van der Waals surface area contributed by atoms with E-state index in [2.05, 4.69) is 34.2 Å². The van der Waals surface area contributed by atoms with E-state index in [1.165, 1.54) is 6.42 Å². The van der Waals surface area contributed by atoms with Crippen LogP contribution in [0, 0.1) is 5.92 Å². The van der Waals surface area contributed by atoms with Crippen LogP contribution in [0.5, 0.6) is 0 Å². The van der Waals surface area contributed by atoms with Crippen molar-refractivity contribution in [3.63, 3.8) is 0 Å². The maximum atomic E-state index is 6.33. The zero-order chi connectivity index (χ0) is 13.0. The number of hydrogen-bond acceptors (Lipinski definition) is 2. The van der Waals surface area contributed by atoms with Crippen molar-refractivity contribution >= 4 is 27.5 Å². The lowest BCUT2D eigenvalue weighted by atomic mass is 9.89. The van der Waals surface area contributed by atoms with E-state index in [0.29, 0.717) is 5.92 Å². The monoisotopic (exact) mass is 331 g/mol. The lowest BCUT2D eigenvalue weighted by Crippen LogP contribution is -2.32. The van der Waals surface area contributed by atoms with Crippen LogP contribution >= 0.6 is 27.5 Å². The van der Waals surface area contributed by atoms with Crippen LogP contribution in [-0.4, -0.2) is 19.7 Å². The average molecular weight is 333 g/mol. The standard InChI is InChI=1S/C14H19BrClNO/c1-2-17-9-10-4-3-7-18-14(10)12-6-5-11(15)8-13(12)16/h5-6,8,10,14,17H,2-4,7,9H2,1H3. The molecule has 0 bridgehead atoms. The fourth-order valence-corrected chi connectivity index (χ4v) is 3.24. The smallest absolute Gasteiger partial charge is 0.0879 e. The van der Waals surface area contributed by atoms with Gasteiger partial charge in [-0.2, -0.15) is 0 Å². The normalized spacial score (nSPS) is 24.2. The number of ether oxygens (including phenoxy) is 1. The first-order chi connectivity index (χ1) is 8.72. The van der Waals surface area contributed by atoms with Crippen molar-refractivity contribution in [3.05, 3.63) is 33.3 Å². The summed E-state index contributed by atoms with van der Waals surface area (Å²) in [4.78, 5) is 0. The molecule has 0 radical (unpaired) electrons. The quantitative estimate of drug-likeness (QED) is 0.893. The lowest BCUT2D eigenvalue weighted by Gasteiger charge is -2.32. The number of benzene rings is 1. The molecule has 2 unspecified atom stereocenters. The highest BCUT2D eigenvalue weighted by Crippen LogP contribution is 2.37. The molecular weight excluding hydrogens is 314 g/mol. The summed E-state index contributed by atoms with van der Waals surface area (Å²) < 4.78 is 6.96. The van der Waals surface area contributed by atoms with Gasteiger partial charge in [0.1, 0.15) is 0 Å². The summed E-state index contributed by atoms with van der Waals surface area (Å²) in [5.41, 5.74) is 1.11. The van der Waals surface area contributed by atoms with Gasteiger partial charge in [-0.1, -0.05) is 40.5 Å². The van der Waals surface area contributed by atoms with Gasteiger partial charge in [0.05, 0.1) is 6.10 Å². The summed E-state index contributed by atoms with van der Waals surface area (Å²) >= 11 is 9.77. The van der Waals surface area contributed by atoms with Crippen molar-refractivity contribution < 1.29 is 4.74 Å². The summed E-state index contributed by atoms with van der Waals surface area (Å²) in [6, 6.07) is 6.05. The Hall–Kier alpha value is -0.0900. The van der Waals surface area contributed by atoms with Crippen molar-refractivity contribution in [2.75, 3.05) is 19.7 Å². The zero-order valence-corrected chi connectivity index (χ0v) is 12.9. The maximum Gasteiger partial charge on any atom is 0.0879 e. The second-order valence-electron chi connectivity index (χ2n) is 4.67. The van der Waals surface area contributed by atoms with Gasteiger partial charge in [-0.05, 0) is 37.1 Å². The summed E-state index contributed by atoms with van der Waals surface area (Å²) in [5.74, 6) is 0.511. The molecule has 100 valence electrons. The van der Waals surface area contributed by atoms with E-state index in [0.717, 1.165) is 41.2 Å². The maximum absolute atomic E-state index is 6.33. The highest BCUT2D eigenvalue weighted by atomic mass is 79.9. The fourth-order valence-electron chi connectivity index (χ4n) is 2.46. The van der Waals surface area contributed by atoms with E-state index in [9.17, 15) is 0 Å². The molecule has 1 heterocycles. The van der Waals surface area contributed by atoms with Gasteiger partial charge in [-0.25, -0.2) is 0 Å². The van der Waals surface area contributed by atoms with Crippen LogP contribution in [-0.2, 0) is 4.74 Å². The summed E-state index contributed by atoms with van der Waals surface area (Å²) in [6.07, 6.45) is 2.46. The molecule has 4 heteroatoms. The lowest BCUT2D eigenvalue weighted by molar-refractivity contribution is -0.0275. The van der Waals surface area contributed by atoms with Gasteiger partial charge < -0.3 is 10.1 Å². The van der Waals surface area contributed by atoms with Crippen molar-refractivity contribution in [3.8, 4) is 0 Å². The first-order valence-corrected chi connectivity index (χ1v) is 7.66. The van der Waals surface area contributed by atoms with E-state index in [1.54, 1.807) is 0 Å². The summed E-state index contributed by atoms with van der Waals surface area (Å²) in [5, 5.41) is 4.21. The molecule has 1 fully saturated rings. The molecule has 1 aromatic rings. The Morgan fingerprint density at radius 2 is 2.33 bits per heavy atom. The molecule has 0 amide bonds. The van der Waals surface area contributed by atoms with E-state index < -0.39 is 0 Å². The van der Waals surface area contributed by atoms with E-state index in [4.69, 9.17) is 16.3 Å². The van der Waals surface area contributed by atoms with Crippen molar-refractivity contribution in [1.29, 1.82) is 0 Å². The Kier molecular flexibility index (Phi) is 5.49. The molecule has 2 nitrogen and oxygen atoms in total. The third-order valence-corrected chi connectivity index (χ3v) is 4.19. The Morgan fingerprint density at radius 3 is 3.06 bits per heavy atom. The zero-order valence-electron chi connectivity index (χ0n) is 10.6. The van der Waals surface area contributed by atoms with Gasteiger partial charge in [0.15, 0.2) is 0 Å². The van der Waals surface area contributed by atoms with Crippen LogP contribution < -0.4 is 5.32 Å².